The lowest BCUT2D eigenvalue weighted by Crippen LogP contribution is -2.17. The van der Waals surface area contributed by atoms with E-state index in [1.165, 1.54) is 12.7 Å². The standard InChI is InChI=1S/C17H21N3O2/c1-22-17(21)14-8-10-16-19-18-15(20(16)12-11-14)9-7-13-5-3-2-4-6-13/h2-6,14H,7-12H2,1H3. The Kier molecular flexibility index (Phi) is 4.51. The number of nitrogens with zero attached hydrogens (tertiary/aromatic N) is 3. The second-order valence-corrected chi connectivity index (χ2v) is 5.72. The van der Waals surface area contributed by atoms with Crippen LogP contribution >= 0.6 is 0 Å². The van der Waals surface area contributed by atoms with Gasteiger partial charge in [0.25, 0.3) is 0 Å². The van der Waals surface area contributed by atoms with Crippen LogP contribution in [0.2, 0.25) is 0 Å². The number of hydrogen-bond donors (Lipinski definition) is 0. The number of hydrogen-bond acceptors (Lipinski definition) is 4. The fourth-order valence-corrected chi connectivity index (χ4v) is 3.04. The number of aromatic nitrogens is 3. The Balaban J connectivity index is 1.67. The van der Waals surface area contributed by atoms with Gasteiger partial charge in [0.15, 0.2) is 0 Å². The molecule has 0 aliphatic carbocycles. The van der Waals surface area contributed by atoms with Crippen molar-refractivity contribution in [3.63, 3.8) is 0 Å². The van der Waals surface area contributed by atoms with Crippen molar-refractivity contribution in [2.45, 2.75) is 38.6 Å². The van der Waals surface area contributed by atoms with E-state index in [4.69, 9.17) is 4.74 Å². The Bertz CT molecular complexity index is 637. The van der Waals surface area contributed by atoms with Crippen molar-refractivity contribution >= 4 is 5.97 Å². The summed E-state index contributed by atoms with van der Waals surface area (Å²) in [6.07, 6.45) is 4.22. The highest BCUT2D eigenvalue weighted by molar-refractivity contribution is 5.72. The molecule has 116 valence electrons. The highest BCUT2D eigenvalue weighted by Gasteiger charge is 2.25. The van der Waals surface area contributed by atoms with Gasteiger partial charge in [-0.1, -0.05) is 30.3 Å². The fraction of sp³-hybridized carbons (Fsp3) is 0.471. The van der Waals surface area contributed by atoms with Crippen LogP contribution in [0.3, 0.4) is 0 Å². The third-order valence-electron chi connectivity index (χ3n) is 4.34. The average Bonchev–Trinajstić information content (AvgIpc) is 2.82. The summed E-state index contributed by atoms with van der Waals surface area (Å²) in [6, 6.07) is 10.4. The summed E-state index contributed by atoms with van der Waals surface area (Å²) in [7, 11) is 1.46. The maximum atomic E-state index is 11.7. The maximum Gasteiger partial charge on any atom is 0.308 e. The van der Waals surface area contributed by atoms with Crippen molar-refractivity contribution in [1.82, 2.24) is 14.8 Å². The lowest BCUT2D eigenvalue weighted by atomic mass is 10.0. The summed E-state index contributed by atoms with van der Waals surface area (Å²) < 4.78 is 7.06. The second-order valence-electron chi connectivity index (χ2n) is 5.72. The predicted octanol–water partition coefficient (Wildman–Crippen LogP) is 2.19. The molecule has 3 rings (SSSR count). The summed E-state index contributed by atoms with van der Waals surface area (Å²) in [6.45, 7) is 0.798. The molecule has 1 unspecified atom stereocenters. The van der Waals surface area contributed by atoms with Gasteiger partial charge >= 0.3 is 5.97 Å². The van der Waals surface area contributed by atoms with Gasteiger partial charge < -0.3 is 9.30 Å². The van der Waals surface area contributed by atoms with E-state index in [9.17, 15) is 4.79 Å². The van der Waals surface area contributed by atoms with Crippen molar-refractivity contribution in [3.8, 4) is 0 Å². The van der Waals surface area contributed by atoms with E-state index in [0.29, 0.717) is 0 Å². The molecule has 22 heavy (non-hydrogen) atoms. The van der Waals surface area contributed by atoms with Crippen molar-refractivity contribution in [1.29, 1.82) is 0 Å². The van der Waals surface area contributed by atoms with Crippen LogP contribution < -0.4 is 0 Å². The monoisotopic (exact) mass is 299 g/mol. The molecule has 1 aliphatic rings. The maximum absolute atomic E-state index is 11.7. The topological polar surface area (TPSA) is 57.0 Å². The average molecular weight is 299 g/mol. The molecule has 1 atom stereocenters. The van der Waals surface area contributed by atoms with E-state index >= 15 is 0 Å². The van der Waals surface area contributed by atoms with Crippen LogP contribution in [0.4, 0.5) is 0 Å². The Morgan fingerprint density at radius 1 is 1.23 bits per heavy atom. The molecule has 2 aromatic rings. The zero-order valence-electron chi connectivity index (χ0n) is 12.9. The molecule has 0 fully saturated rings. The van der Waals surface area contributed by atoms with Gasteiger partial charge in [0.1, 0.15) is 11.6 Å². The number of esters is 1. The highest BCUT2D eigenvalue weighted by Crippen LogP contribution is 2.21. The highest BCUT2D eigenvalue weighted by atomic mass is 16.5. The number of aryl methyl sites for hydroxylation is 3. The molecular formula is C17H21N3O2. The molecule has 1 aromatic carbocycles. The number of fused-ring (bicyclic) bond motifs is 1. The first-order chi connectivity index (χ1) is 10.8. The van der Waals surface area contributed by atoms with E-state index in [0.717, 1.165) is 50.3 Å². The number of benzene rings is 1. The third kappa shape index (κ3) is 3.18. The Morgan fingerprint density at radius 3 is 2.82 bits per heavy atom. The summed E-state index contributed by atoms with van der Waals surface area (Å²) in [5, 5.41) is 8.65. The Labute approximate surface area is 130 Å². The number of rotatable bonds is 4. The van der Waals surface area contributed by atoms with Crippen LogP contribution in [0.1, 0.15) is 30.1 Å². The van der Waals surface area contributed by atoms with E-state index in [1.54, 1.807) is 0 Å². The summed E-state index contributed by atoms with van der Waals surface area (Å²) in [5.41, 5.74) is 1.31. The van der Waals surface area contributed by atoms with Crippen LogP contribution in [0.5, 0.6) is 0 Å². The van der Waals surface area contributed by atoms with Gasteiger partial charge in [0.05, 0.1) is 13.0 Å². The lowest BCUT2D eigenvalue weighted by Gasteiger charge is -2.11. The van der Waals surface area contributed by atoms with Gasteiger partial charge in [0, 0.05) is 19.4 Å². The van der Waals surface area contributed by atoms with Crippen molar-refractivity contribution in [2.75, 3.05) is 7.11 Å². The third-order valence-corrected chi connectivity index (χ3v) is 4.34. The first-order valence-electron chi connectivity index (χ1n) is 7.80. The largest absolute Gasteiger partial charge is 0.469 e. The summed E-state index contributed by atoms with van der Waals surface area (Å²) in [5.74, 6) is 1.89. The molecule has 5 heteroatoms. The number of carbonyl (C=O) groups is 1. The minimum Gasteiger partial charge on any atom is -0.469 e. The van der Waals surface area contributed by atoms with Gasteiger partial charge in [0.2, 0.25) is 0 Å². The van der Waals surface area contributed by atoms with E-state index in [-0.39, 0.29) is 11.9 Å². The van der Waals surface area contributed by atoms with Crippen LogP contribution in [0, 0.1) is 5.92 Å². The van der Waals surface area contributed by atoms with Gasteiger partial charge in [-0.15, -0.1) is 10.2 Å². The van der Waals surface area contributed by atoms with E-state index in [2.05, 4.69) is 39.0 Å². The fourth-order valence-electron chi connectivity index (χ4n) is 3.04. The molecular weight excluding hydrogens is 278 g/mol. The van der Waals surface area contributed by atoms with Crippen molar-refractivity contribution in [3.05, 3.63) is 47.5 Å². The molecule has 0 spiro atoms. The normalized spacial score (nSPS) is 17.6. The first kappa shape index (κ1) is 14.8. The molecule has 0 saturated heterocycles. The predicted molar refractivity (Wildman–Crippen MR) is 82.3 cm³/mol. The number of carbonyl (C=O) groups excluding carboxylic acids is 1. The molecule has 0 saturated carbocycles. The molecule has 1 aromatic heterocycles. The zero-order chi connectivity index (χ0) is 15.4. The zero-order valence-corrected chi connectivity index (χ0v) is 12.9. The SMILES string of the molecule is COC(=O)C1CCc2nnc(CCc3ccccc3)n2CC1. The van der Waals surface area contributed by atoms with Crippen molar-refractivity contribution in [2.24, 2.45) is 5.92 Å². The molecule has 0 bridgehead atoms. The minimum atomic E-state index is -0.107. The quantitative estimate of drug-likeness (QED) is 0.812. The van der Waals surface area contributed by atoms with Gasteiger partial charge in [-0.3, -0.25) is 4.79 Å². The number of ether oxygens (including phenoxy) is 1. The lowest BCUT2D eigenvalue weighted by molar-refractivity contribution is -0.145. The molecule has 0 N–H and O–H groups in total. The number of methoxy groups -OCH3 is 1. The molecule has 0 radical (unpaired) electrons. The molecule has 5 nitrogen and oxygen atoms in total. The van der Waals surface area contributed by atoms with Crippen molar-refractivity contribution < 1.29 is 9.53 Å². The van der Waals surface area contributed by atoms with Gasteiger partial charge in [-0.05, 0) is 24.8 Å². The van der Waals surface area contributed by atoms with Crippen LogP contribution in [-0.4, -0.2) is 27.8 Å². The second kappa shape index (κ2) is 6.73. The molecule has 0 amide bonds. The van der Waals surface area contributed by atoms with Crippen LogP contribution in [0.25, 0.3) is 0 Å². The van der Waals surface area contributed by atoms with E-state index in [1.807, 2.05) is 6.07 Å². The Hall–Kier alpha value is -2.17. The van der Waals surface area contributed by atoms with Gasteiger partial charge in [-0.2, -0.15) is 0 Å². The summed E-state index contributed by atoms with van der Waals surface area (Å²) in [4.78, 5) is 11.7. The van der Waals surface area contributed by atoms with E-state index < -0.39 is 0 Å². The Morgan fingerprint density at radius 2 is 2.05 bits per heavy atom. The van der Waals surface area contributed by atoms with Crippen LogP contribution in [0.15, 0.2) is 30.3 Å². The van der Waals surface area contributed by atoms with Gasteiger partial charge in [-0.25, -0.2) is 0 Å². The van der Waals surface area contributed by atoms with Crippen LogP contribution in [-0.2, 0) is 35.3 Å². The minimum absolute atomic E-state index is 0.0197. The smallest absolute Gasteiger partial charge is 0.308 e. The first-order valence-corrected chi connectivity index (χ1v) is 7.80. The summed E-state index contributed by atoms with van der Waals surface area (Å²) >= 11 is 0. The molecule has 2 heterocycles. The molecule has 1 aliphatic heterocycles.